The van der Waals surface area contributed by atoms with E-state index in [2.05, 4.69) is 67.1 Å². The van der Waals surface area contributed by atoms with Crippen molar-refractivity contribution in [3.63, 3.8) is 0 Å². The molecule has 1 atom stereocenters. The maximum Gasteiger partial charge on any atom is 0.262 e. The minimum absolute atomic E-state index is 0.0994. The van der Waals surface area contributed by atoms with E-state index in [0.717, 1.165) is 104 Å². The fourth-order valence-corrected chi connectivity index (χ4v) is 9.43. The standard InChI is InChI=1S/C43H44N10O4/c1-50-39-34(38(49-50)46-35-7-3-5-27-4-2-6-31(27)35)22-44-43(48-39)45-29-9-8-26-16-17-51(24-28(26)20-29)23-25-14-18-52(19-15-25)30-10-11-32-33(21-30)42(57)53(41(32)56)36-12-13-37(54)47-40(36)55/h3,5,7-11,20-22,25,36H,2,4,6,12-19,23-24H2,1H3,(H,46,49)(H,44,45,48)(H,47,54,55). The second kappa shape index (κ2) is 14.1. The van der Waals surface area contributed by atoms with Crippen molar-refractivity contribution < 1.29 is 19.2 Å². The molecule has 1 aliphatic carbocycles. The zero-order valence-electron chi connectivity index (χ0n) is 31.9. The van der Waals surface area contributed by atoms with E-state index in [9.17, 15) is 19.2 Å². The Bertz CT molecular complexity index is 2490. The summed E-state index contributed by atoms with van der Waals surface area (Å²) in [4.78, 5) is 66.1. The fourth-order valence-electron chi connectivity index (χ4n) is 9.43. The molecule has 5 aliphatic rings. The number of benzene rings is 3. The van der Waals surface area contributed by atoms with Crippen LogP contribution in [0.1, 0.15) is 75.1 Å². The SMILES string of the molecule is Cn1nc(Nc2cccc3c2CCC3)c2cnc(Nc3ccc4c(c3)CN(CC3CCN(c5ccc6c(c5)C(=O)N(C5CCC(=O)NC5=O)C6=O)CC3)CC4)nc21. The molecule has 2 saturated heterocycles. The predicted octanol–water partition coefficient (Wildman–Crippen LogP) is 5.02. The van der Waals surface area contributed by atoms with Crippen molar-refractivity contribution in [1.29, 1.82) is 0 Å². The van der Waals surface area contributed by atoms with Gasteiger partial charge >= 0.3 is 0 Å². The van der Waals surface area contributed by atoms with Crippen molar-refractivity contribution in [2.45, 2.75) is 64.0 Å². The summed E-state index contributed by atoms with van der Waals surface area (Å²) in [5.74, 6) is -0.0945. The molecule has 3 N–H and O–H groups in total. The van der Waals surface area contributed by atoms with Gasteiger partial charge in [-0.15, -0.1) is 0 Å². The number of aryl methyl sites for hydroxylation is 2. The lowest BCUT2D eigenvalue weighted by molar-refractivity contribution is -0.136. The third-order valence-corrected chi connectivity index (χ3v) is 12.5. The maximum absolute atomic E-state index is 13.4. The minimum Gasteiger partial charge on any atom is -0.371 e. The number of rotatable bonds is 8. The normalized spacial score (nSPS) is 19.8. The number of imide groups is 2. The van der Waals surface area contributed by atoms with E-state index in [4.69, 9.17) is 10.1 Å². The molecule has 14 nitrogen and oxygen atoms in total. The van der Waals surface area contributed by atoms with Crippen molar-refractivity contribution in [3.05, 3.63) is 94.2 Å². The van der Waals surface area contributed by atoms with Crippen molar-refractivity contribution in [1.82, 2.24) is 34.9 Å². The van der Waals surface area contributed by atoms with Crippen molar-refractivity contribution in [2.24, 2.45) is 13.0 Å². The molecule has 2 fully saturated rings. The smallest absolute Gasteiger partial charge is 0.262 e. The van der Waals surface area contributed by atoms with Gasteiger partial charge in [0.25, 0.3) is 11.8 Å². The number of anilines is 5. The van der Waals surface area contributed by atoms with Crippen LogP contribution in [-0.2, 0) is 42.4 Å². The summed E-state index contributed by atoms with van der Waals surface area (Å²) in [5.41, 5.74) is 9.84. The zero-order chi connectivity index (χ0) is 38.8. The largest absolute Gasteiger partial charge is 0.371 e. The van der Waals surface area contributed by atoms with Crippen LogP contribution in [-0.4, -0.2) is 85.4 Å². The number of nitrogens with one attached hydrogen (secondary N) is 3. The Labute approximate surface area is 329 Å². The third-order valence-electron chi connectivity index (χ3n) is 12.5. The average Bonchev–Trinajstić information content (AvgIpc) is 3.89. The molecule has 0 saturated carbocycles. The van der Waals surface area contributed by atoms with Gasteiger partial charge in [-0.1, -0.05) is 18.2 Å². The van der Waals surface area contributed by atoms with Crippen LogP contribution >= 0.6 is 0 Å². The van der Waals surface area contributed by atoms with Crippen molar-refractivity contribution in [3.8, 4) is 0 Å². The van der Waals surface area contributed by atoms with Gasteiger partial charge in [-0.25, -0.2) is 9.67 Å². The van der Waals surface area contributed by atoms with Crippen LogP contribution in [0, 0.1) is 5.92 Å². The van der Waals surface area contributed by atoms with Crippen LogP contribution in [0.25, 0.3) is 11.0 Å². The number of carbonyl (C=O) groups excluding carboxylic acids is 4. The molecule has 1 unspecified atom stereocenters. The van der Waals surface area contributed by atoms with Crippen molar-refractivity contribution in [2.75, 3.05) is 41.7 Å². The second-order valence-corrected chi connectivity index (χ2v) is 16.0. The first kappa shape index (κ1) is 35.3. The quantitative estimate of drug-likeness (QED) is 0.183. The molecule has 0 radical (unpaired) electrons. The maximum atomic E-state index is 13.4. The van der Waals surface area contributed by atoms with Gasteiger partial charge in [-0.2, -0.15) is 10.1 Å². The van der Waals surface area contributed by atoms with Gasteiger partial charge in [-0.3, -0.25) is 34.3 Å². The summed E-state index contributed by atoms with van der Waals surface area (Å²) in [6, 6.07) is 17.4. The van der Waals surface area contributed by atoms with E-state index in [0.29, 0.717) is 23.0 Å². The first-order valence-corrected chi connectivity index (χ1v) is 20.0. The van der Waals surface area contributed by atoms with Crippen LogP contribution in [0.4, 0.5) is 28.8 Å². The Morgan fingerprint density at radius 1 is 0.825 bits per heavy atom. The molecule has 4 amide bonds. The van der Waals surface area contributed by atoms with E-state index in [1.807, 2.05) is 19.3 Å². The number of piperidine rings is 2. The molecule has 290 valence electrons. The number of nitrogens with zero attached hydrogens (tertiary/aromatic N) is 7. The number of amides is 4. The van der Waals surface area contributed by atoms with Gasteiger partial charge < -0.3 is 15.5 Å². The molecule has 2 aromatic heterocycles. The van der Waals surface area contributed by atoms with Gasteiger partial charge in [-0.05, 0) is 110 Å². The highest BCUT2D eigenvalue weighted by Gasteiger charge is 2.45. The minimum atomic E-state index is -0.965. The van der Waals surface area contributed by atoms with E-state index < -0.39 is 23.8 Å². The molecule has 10 rings (SSSR count). The average molecular weight is 765 g/mol. The van der Waals surface area contributed by atoms with Crippen LogP contribution in [0.2, 0.25) is 0 Å². The lowest BCUT2D eigenvalue weighted by Gasteiger charge is -2.37. The summed E-state index contributed by atoms with van der Waals surface area (Å²) >= 11 is 0. The van der Waals surface area contributed by atoms with Gasteiger partial charge in [0.05, 0.1) is 16.5 Å². The number of aromatic nitrogens is 4. The molecule has 14 heteroatoms. The Kier molecular flexibility index (Phi) is 8.73. The van der Waals surface area contributed by atoms with Crippen LogP contribution in [0.5, 0.6) is 0 Å². The highest BCUT2D eigenvalue weighted by atomic mass is 16.2. The molecular weight excluding hydrogens is 721 g/mol. The zero-order valence-corrected chi connectivity index (χ0v) is 31.9. The number of fused-ring (bicyclic) bond motifs is 4. The summed E-state index contributed by atoms with van der Waals surface area (Å²) in [7, 11) is 1.91. The van der Waals surface area contributed by atoms with E-state index in [1.54, 1.807) is 16.8 Å². The van der Waals surface area contributed by atoms with Crippen LogP contribution in [0.3, 0.4) is 0 Å². The second-order valence-electron chi connectivity index (χ2n) is 16.0. The summed E-state index contributed by atoms with van der Waals surface area (Å²) < 4.78 is 1.80. The highest BCUT2D eigenvalue weighted by Crippen LogP contribution is 2.35. The van der Waals surface area contributed by atoms with Crippen molar-refractivity contribution >= 4 is 63.5 Å². The monoisotopic (exact) mass is 764 g/mol. The number of hydrogen-bond acceptors (Lipinski definition) is 11. The molecular formula is C43H44N10O4. The predicted molar refractivity (Wildman–Crippen MR) is 215 cm³/mol. The molecule has 0 spiro atoms. The first-order chi connectivity index (χ1) is 27.8. The molecule has 6 heterocycles. The summed E-state index contributed by atoms with van der Waals surface area (Å²) in [5, 5.41) is 14.9. The molecule has 5 aromatic rings. The molecule has 4 aliphatic heterocycles. The Balaban J connectivity index is 0.756. The summed E-state index contributed by atoms with van der Waals surface area (Å²) in [6.45, 7) is 4.63. The molecule has 0 bridgehead atoms. The lowest BCUT2D eigenvalue weighted by Crippen LogP contribution is -2.54. The van der Waals surface area contributed by atoms with Gasteiger partial charge in [0.15, 0.2) is 11.5 Å². The molecule has 3 aromatic carbocycles. The topological polar surface area (TPSA) is 158 Å². The Morgan fingerprint density at radius 2 is 1.68 bits per heavy atom. The Hall–Kier alpha value is -6.15. The van der Waals surface area contributed by atoms with Crippen LogP contribution < -0.4 is 20.9 Å². The summed E-state index contributed by atoms with van der Waals surface area (Å²) in [6.07, 6.45) is 8.53. The number of hydrogen-bond donors (Lipinski definition) is 3. The Morgan fingerprint density at radius 3 is 2.54 bits per heavy atom. The van der Waals surface area contributed by atoms with E-state index in [-0.39, 0.29) is 18.7 Å². The first-order valence-electron chi connectivity index (χ1n) is 20.0. The lowest BCUT2D eigenvalue weighted by atomic mass is 9.93. The fraction of sp³-hybridized carbons (Fsp3) is 0.372. The van der Waals surface area contributed by atoms with Gasteiger partial charge in [0.2, 0.25) is 17.8 Å². The third kappa shape index (κ3) is 6.47. The van der Waals surface area contributed by atoms with Crippen LogP contribution in [0.15, 0.2) is 60.8 Å². The molecule has 57 heavy (non-hydrogen) atoms. The highest BCUT2D eigenvalue weighted by molar-refractivity contribution is 6.23. The van der Waals surface area contributed by atoms with E-state index in [1.165, 1.54) is 28.7 Å². The number of carbonyl (C=O) groups is 4. The van der Waals surface area contributed by atoms with Gasteiger partial charge in [0, 0.05) is 69.5 Å². The van der Waals surface area contributed by atoms with Gasteiger partial charge in [0.1, 0.15) is 6.04 Å². The van der Waals surface area contributed by atoms with E-state index >= 15 is 0 Å².